The molecule has 1 N–H and O–H groups in total. The van der Waals surface area contributed by atoms with Crippen LogP contribution in [0.3, 0.4) is 0 Å². The predicted molar refractivity (Wildman–Crippen MR) is 146 cm³/mol. The minimum absolute atomic E-state index is 0.0556. The number of carbonyl (C=O) groups excluding carboxylic acids is 4. The molecule has 1 fully saturated rings. The highest BCUT2D eigenvalue weighted by atomic mass is 32.2. The number of amides is 2. The lowest BCUT2D eigenvalue weighted by Gasteiger charge is -2.49. The van der Waals surface area contributed by atoms with Crippen LogP contribution in [-0.2, 0) is 28.7 Å². The van der Waals surface area contributed by atoms with Crippen molar-refractivity contribution < 1.29 is 33.4 Å². The fourth-order valence-electron chi connectivity index (χ4n) is 3.71. The number of β-lactam (4-membered cyclic amide) rings is 1. The molecule has 0 spiro atoms. The number of ether oxygens (including phenoxy) is 3. The average Bonchev–Trinajstić information content (AvgIpc) is 3.32. The number of hydrogen-bond donors (Lipinski definition) is 1. The molecule has 2 atom stereocenters. The fourth-order valence-corrected chi connectivity index (χ4v) is 5.72. The summed E-state index contributed by atoms with van der Waals surface area (Å²) < 4.78 is 15.8. The summed E-state index contributed by atoms with van der Waals surface area (Å²) in [4.78, 5) is 57.3. The first-order valence-electron chi connectivity index (χ1n) is 12.1. The smallest absolute Gasteiger partial charge is 0.358 e. The number of carbonyl (C=O) groups is 4. The number of allylic oxidation sites excluding steroid dienone is 1. The van der Waals surface area contributed by atoms with E-state index in [-0.39, 0.29) is 12.3 Å². The first-order chi connectivity index (χ1) is 18.6. The first-order valence-corrected chi connectivity index (χ1v) is 14.1. The number of hydrogen-bond acceptors (Lipinski definition) is 10. The van der Waals surface area contributed by atoms with Gasteiger partial charge >= 0.3 is 11.9 Å². The molecule has 0 aliphatic carbocycles. The fraction of sp³-hybridized carbons (Fsp3) is 0.370. The molecule has 2 aliphatic rings. The summed E-state index contributed by atoms with van der Waals surface area (Å²) in [5, 5.41) is 2.20. The Morgan fingerprint density at radius 2 is 1.90 bits per heavy atom. The highest BCUT2D eigenvalue weighted by Gasteiger charge is 2.54. The molecule has 4 rings (SSSR count). The second kappa shape index (κ2) is 12.0. The van der Waals surface area contributed by atoms with Gasteiger partial charge in [0.25, 0.3) is 11.8 Å². The zero-order valence-electron chi connectivity index (χ0n) is 22.0. The van der Waals surface area contributed by atoms with Crippen LogP contribution >= 0.6 is 23.1 Å². The van der Waals surface area contributed by atoms with Crippen LogP contribution in [0.2, 0.25) is 0 Å². The predicted octanol–water partition coefficient (Wildman–Crippen LogP) is 3.29. The molecule has 39 heavy (non-hydrogen) atoms. The molecule has 0 saturated carbocycles. The lowest BCUT2D eigenvalue weighted by Crippen LogP contribution is -2.70. The Kier molecular flexibility index (Phi) is 8.76. The van der Waals surface area contributed by atoms with E-state index in [1.54, 1.807) is 56.6 Å². The molecule has 1 aromatic heterocycles. The monoisotopic (exact) mass is 571 g/mol. The standard InChI is InChI=1S/C27H29N3O7S2/c1-16-19(39-14-28-16)11-10-17-13-38-24-21(29-20(31)12-35-18-8-6-5-7-9-18)23(32)30(24)22(17)25(33)36-15-37-26(34)27(2,3)4/h5-11,14,21,24H,12-13,15H2,1-4H3,(H,29,31)/t21?,24-/m0/s1. The zero-order valence-corrected chi connectivity index (χ0v) is 23.6. The van der Waals surface area contributed by atoms with Gasteiger partial charge in [0, 0.05) is 10.6 Å². The van der Waals surface area contributed by atoms with E-state index in [4.69, 9.17) is 14.2 Å². The summed E-state index contributed by atoms with van der Waals surface area (Å²) in [7, 11) is 0. The number of benzene rings is 1. The summed E-state index contributed by atoms with van der Waals surface area (Å²) in [6.07, 6.45) is 3.59. The Morgan fingerprint density at radius 1 is 1.15 bits per heavy atom. The second-order valence-electron chi connectivity index (χ2n) is 9.80. The van der Waals surface area contributed by atoms with Crippen LogP contribution in [0.4, 0.5) is 0 Å². The number of nitrogens with zero attached hydrogens (tertiary/aromatic N) is 2. The van der Waals surface area contributed by atoms with Gasteiger partial charge in [0.2, 0.25) is 6.79 Å². The Labute approximate surface area is 234 Å². The number of esters is 2. The van der Waals surface area contributed by atoms with Crippen molar-refractivity contribution in [1.29, 1.82) is 0 Å². The van der Waals surface area contributed by atoms with Gasteiger partial charge in [-0.05, 0) is 51.5 Å². The molecular formula is C27H29N3O7S2. The van der Waals surface area contributed by atoms with E-state index in [1.807, 2.05) is 19.1 Å². The topological polar surface area (TPSA) is 124 Å². The minimum Gasteiger partial charge on any atom is -0.484 e. The van der Waals surface area contributed by atoms with Gasteiger partial charge in [0.05, 0.1) is 16.6 Å². The summed E-state index contributed by atoms with van der Waals surface area (Å²) in [6.45, 7) is 6.10. The average molecular weight is 572 g/mol. The number of aromatic nitrogens is 1. The van der Waals surface area contributed by atoms with E-state index < -0.39 is 47.4 Å². The third-order valence-electron chi connectivity index (χ3n) is 5.83. The second-order valence-corrected chi connectivity index (χ2v) is 11.8. The van der Waals surface area contributed by atoms with Crippen LogP contribution in [0.25, 0.3) is 6.08 Å². The van der Waals surface area contributed by atoms with Crippen molar-refractivity contribution in [1.82, 2.24) is 15.2 Å². The number of para-hydroxylation sites is 1. The SMILES string of the molecule is Cc1ncsc1C=CC1=C(C(=O)OCOC(=O)C(C)(C)C)N2C(=O)C(NC(=O)COc3ccccc3)[C@@H]2SC1. The van der Waals surface area contributed by atoms with Crippen LogP contribution in [-0.4, -0.2) is 64.2 Å². The van der Waals surface area contributed by atoms with Gasteiger partial charge in [-0.3, -0.25) is 19.3 Å². The molecule has 206 valence electrons. The van der Waals surface area contributed by atoms with Gasteiger partial charge in [0.1, 0.15) is 22.9 Å². The lowest BCUT2D eigenvalue weighted by atomic mass is 9.98. The van der Waals surface area contributed by atoms with Crippen LogP contribution in [0.1, 0.15) is 31.3 Å². The van der Waals surface area contributed by atoms with Gasteiger partial charge < -0.3 is 19.5 Å². The third kappa shape index (κ3) is 6.69. The van der Waals surface area contributed by atoms with Gasteiger partial charge in [-0.15, -0.1) is 23.1 Å². The number of thioether (sulfide) groups is 1. The quantitative estimate of drug-likeness (QED) is 0.274. The number of fused-ring (bicyclic) bond motifs is 1. The molecule has 1 aromatic carbocycles. The van der Waals surface area contributed by atoms with Crippen LogP contribution in [0, 0.1) is 12.3 Å². The highest BCUT2D eigenvalue weighted by Crippen LogP contribution is 2.41. The van der Waals surface area contributed by atoms with Gasteiger partial charge in [-0.1, -0.05) is 24.3 Å². The van der Waals surface area contributed by atoms with E-state index in [1.165, 1.54) is 28.0 Å². The van der Waals surface area contributed by atoms with Crippen molar-refractivity contribution in [3.8, 4) is 5.75 Å². The molecule has 10 nitrogen and oxygen atoms in total. The number of aryl methyl sites for hydroxylation is 1. The van der Waals surface area contributed by atoms with Crippen LogP contribution in [0.5, 0.6) is 5.75 Å². The number of rotatable bonds is 9. The van der Waals surface area contributed by atoms with Crippen molar-refractivity contribution in [2.24, 2.45) is 5.41 Å². The van der Waals surface area contributed by atoms with Crippen LogP contribution < -0.4 is 10.1 Å². The molecule has 0 bridgehead atoms. The van der Waals surface area contributed by atoms with Crippen molar-refractivity contribution in [2.45, 2.75) is 39.1 Å². The number of thiazole rings is 1. The molecule has 2 aromatic rings. The maximum Gasteiger partial charge on any atom is 0.358 e. The van der Waals surface area contributed by atoms with Crippen molar-refractivity contribution >= 4 is 52.9 Å². The van der Waals surface area contributed by atoms with Crippen molar-refractivity contribution in [3.63, 3.8) is 0 Å². The first kappa shape index (κ1) is 28.4. The Morgan fingerprint density at radius 3 is 2.56 bits per heavy atom. The third-order valence-corrected chi connectivity index (χ3v) is 8.03. The summed E-state index contributed by atoms with van der Waals surface area (Å²) in [5.74, 6) is -1.29. The van der Waals surface area contributed by atoms with E-state index in [2.05, 4.69) is 10.3 Å². The van der Waals surface area contributed by atoms with E-state index in [0.717, 1.165) is 10.6 Å². The van der Waals surface area contributed by atoms with Gasteiger partial charge in [-0.2, -0.15) is 0 Å². The molecular weight excluding hydrogens is 542 g/mol. The molecule has 0 radical (unpaired) electrons. The molecule has 1 saturated heterocycles. The molecule has 12 heteroatoms. The lowest BCUT2D eigenvalue weighted by molar-refractivity contribution is -0.173. The Hall–Kier alpha value is -3.64. The number of nitrogens with one attached hydrogen (secondary N) is 1. The van der Waals surface area contributed by atoms with Gasteiger partial charge in [0.15, 0.2) is 6.61 Å². The summed E-state index contributed by atoms with van der Waals surface area (Å²) in [6, 6.07) is 8.05. The summed E-state index contributed by atoms with van der Waals surface area (Å²) >= 11 is 2.87. The van der Waals surface area contributed by atoms with E-state index in [9.17, 15) is 19.2 Å². The zero-order chi connectivity index (χ0) is 28.2. The molecule has 3 heterocycles. The molecule has 2 aliphatic heterocycles. The normalized spacial score (nSPS) is 18.9. The van der Waals surface area contributed by atoms with Crippen LogP contribution in [0.15, 0.2) is 53.2 Å². The molecule has 1 unspecified atom stereocenters. The van der Waals surface area contributed by atoms with Crippen molar-refractivity contribution in [2.75, 3.05) is 19.2 Å². The minimum atomic E-state index is -0.822. The largest absolute Gasteiger partial charge is 0.484 e. The van der Waals surface area contributed by atoms with E-state index >= 15 is 0 Å². The maximum atomic E-state index is 13.2. The maximum absolute atomic E-state index is 13.2. The Bertz CT molecular complexity index is 1310. The summed E-state index contributed by atoms with van der Waals surface area (Å²) in [5.41, 5.74) is 2.43. The van der Waals surface area contributed by atoms with Gasteiger partial charge in [-0.25, -0.2) is 9.78 Å². The van der Waals surface area contributed by atoms with E-state index in [0.29, 0.717) is 17.1 Å². The van der Waals surface area contributed by atoms with Crippen molar-refractivity contribution in [3.05, 3.63) is 63.8 Å². The highest BCUT2D eigenvalue weighted by molar-refractivity contribution is 8.00. The molecule has 2 amide bonds. The Balaban J connectivity index is 1.47.